The minimum absolute atomic E-state index is 0.0727. The van der Waals surface area contributed by atoms with Gasteiger partial charge in [0, 0.05) is 18.3 Å². The van der Waals surface area contributed by atoms with Crippen LogP contribution in [0.5, 0.6) is 0 Å². The fourth-order valence-electron chi connectivity index (χ4n) is 2.42. The van der Waals surface area contributed by atoms with Crippen LogP contribution in [-0.4, -0.2) is 37.0 Å². The van der Waals surface area contributed by atoms with E-state index in [1.165, 1.54) is 6.42 Å². The van der Waals surface area contributed by atoms with Gasteiger partial charge >= 0.3 is 0 Å². The molecule has 1 aromatic rings. The largest absolute Gasteiger partial charge is 0.398 e. The van der Waals surface area contributed by atoms with Crippen molar-refractivity contribution in [2.24, 2.45) is 0 Å². The van der Waals surface area contributed by atoms with Gasteiger partial charge in [-0.05, 0) is 45.0 Å². The highest BCUT2D eigenvalue weighted by atomic mass is 16.1. The third-order valence-corrected chi connectivity index (χ3v) is 3.74. The molecule has 1 amide bonds. The molecule has 1 aromatic carbocycles. The van der Waals surface area contributed by atoms with Crippen LogP contribution < -0.4 is 11.1 Å². The predicted molar refractivity (Wildman–Crippen MR) is 73.6 cm³/mol. The van der Waals surface area contributed by atoms with Crippen LogP contribution in [0.15, 0.2) is 18.2 Å². The SMILES string of the molecule is Cc1cccc(C(=O)NCC2CCCN2C)c1N. The Kier molecular flexibility index (Phi) is 3.87. The molecule has 1 aliphatic rings. The number of anilines is 1. The van der Waals surface area contributed by atoms with Gasteiger partial charge in [0.1, 0.15) is 0 Å². The second-order valence-electron chi connectivity index (χ2n) is 5.02. The zero-order valence-corrected chi connectivity index (χ0v) is 11.1. The van der Waals surface area contributed by atoms with Crippen molar-refractivity contribution in [1.29, 1.82) is 0 Å². The summed E-state index contributed by atoms with van der Waals surface area (Å²) in [5, 5.41) is 2.98. The summed E-state index contributed by atoms with van der Waals surface area (Å²) in [6.45, 7) is 3.73. The molecule has 0 radical (unpaired) electrons. The first-order chi connectivity index (χ1) is 8.59. The number of nitrogens with two attached hydrogens (primary N) is 1. The number of carbonyl (C=O) groups excluding carboxylic acids is 1. The second kappa shape index (κ2) is 5.40. The van der Waals surface area contributed by atoms with Crippen molar-refractivity contribution in [2.75, 3.05) is 25.9 Å². The van der Waals surface area contributed by atoms with Gasteiger partial charge in [0.2, 0.25) is 0 Å². The zero-order valence-electron chi connectivity index (χ0n) is 11.1. The molecule has 0 aromatic heterocycles. The van der Waals surface area contributed by atoms with Crippen molar-refractivity contribution in [1.82, 2.24) is 10.2 Å². The number of benzene rings is 1. The number of hydrogen-bond acceptors (Lipinski definition) is 3. The number of likely N-dealkylation sites (tertiary alicyclic amines) is 1. The molecule has 0 bridgehead atoms. The molecule has 1 heterocycles. The lowest BCUT2D eigenvalue weighted by Crippen LogP contribution is -2.38. The van der Waals surface area contributed by atoms with Gasteiger partial charge in [0.05, 0.1) is 5.56 Å². The number of carbonyl (C=O) groups is 1. The highest BCUT2D eigenvalue weighted by Crippen LogP contribution is 2.17. The van der Waals surface area contributed by atoms with Gasteiger partial charge in [0.15, 0.2) is 0 Å². The summed E-state index contributed by atoms with van der Waals surface area (Å²) in [6.07, 6.45) is 2.36. The quantitative estimate of drug-likeness (QED) is 0.794. The lowest BCUT2D eigenvalue weighted by atomic mass is 10.1. The molecule has 1 fully saturated rings. The van der Waals surface area contributed by atoms with E-state index in [1.54, 1.807) is 6.07 Å². The maximum absolute atomic E-state index is 12.1. The van der Waals surface area contributed by atoms with E-state index in [2.05, 4.69) is 17.3 Å². The molecule has 4 heteroatoms. The molecule has 1 aliphatic heterocycles. The molecule has 98 valence electrons. The van der Waals surface area contributed by atoms with Crippen LogP contribution in [0.2, 0.25) is 0 Å². The number of para-hydroxylation sites is 1. The van der Waals surface area contributed by atoms with Crippen molar-refractivity contribution >= 4 is 11.6 Å². The Hall–Kier alpha value is -1.55. The van der Waals surface area contributed by atoms with Crippen molar-refractivity contribution in [3.63, 3.8) is 0 Å². The van der Waals surface area contributed by atoms with Gasteiger partial charge in [-0.3, -0.25) is 4.79 Å². The molecule has 1 unspecified atom stereocenters. The van der Waals surface area contributed by atoms with Crippen LogP contribution in [0.25, 0.3) is 0 Å². The molecule has 1 atom stereocenters. The summed E-state index contributed by atoms with van der Waals surface area (Å²) in [7, 11) is 2.10. The minimum Gasteiger partial charge on any atom is -0.398 e. The van der Waals surface area contributed by atoms with Crippen molar-refractivity contribution in [3.05, 3.63) is 29.3 Å². The average Bonchev–Trinajstić information content (AvgIpc) is 2.75. The number of amides is 1. The monoisotopic (exact) mass is 247 g/mol. The first-order valence-corrected chi connectivity index (χ1v) is 6.43. The second-order valence-corrected chi connectivity index (χ2v) is 5.02. The van der Waals surface area contributed by atoms with E-state index in [1.807, 2.05) is 19.1 Å². The Balaban J connectivity index is 1.97. The molecule has 1 saturated heterocycles. The summed E-state index contributed by atoms with van der Waals surface area (Å²) in [5.74, 6) is -0.0727. The van der Waals surface area contributed by atoms with Gasteiger partial charge in [-0.1, -0.05) is 12.1 Å². The maximum atomic E-state index is 12.1. The van der Waals surface area contributed by atoms with Gasteiger partial charge in [-0.25, -0.2) is 0 Å². The van der Waals surface area contributed by atoms with E-state index in [4.69, 9.17) is 5.73 Å². The highest BCUT2D eigenvalue weighted by molar-refractivity contribution is 5.99. The Labute approximate surface area is 108 Å². The number of likely N-dealkylation sites (N-methyl/N-ethyl adjacent to an activating group) is 1. The van der Waals surface area contributed by atoms with Crippen LogP contribution in [0.1, 0.15) is 28.8 Å². The Morgan fingerprint density at radius 1 is 1.56 bits per heavy atom. The molecule has 0 spiro atoms. The smallest absolute Gasteiger partial charge is 0.253 e. The van der Waals surface area contributed by atoms with E-state index < -0.39 is 0 Å². The van der Waals surface area contributed by atoms with Crippen molar-refractivity contribution in [2.45, 2.75) is 25.8 Å². The number of nitrogens with one attached hydrogen (secondary N) is 1. The molecule has 0 aliphatic carbocycles. The third-order valence-electron chi connectivity index (χ3n) is 3.74. The fraction of sp³-hybridized carbons (Fsp3) is 0.500. The molecule has 2 rings (SSSR count). The normalized spacial score (nSPS) is 20.0. The van der Waals surface area contributed by atoms with Gasteiger partial charge < -0.3 is 16.0 Å². The molecule has 0 saturated carbocycles. The first-order valence-electron chi connectivity index (χ1n) is 6.43. The van der Waals surface area contributed by atoms with E-state index in [0.29, 0.717) is 23.8 Å². The van der Waals surface area contributed by atoms with Crippen LogP contribution in [0.4, 0.5) is 5.69 Å². The third kappa shape index (κ3) is 2.64. The fourth-order valence-corrected chi connectivity index (χ4v) is 2.42. The molecule has 4 nitrogen and oxygen atoms in total. The molecular formula is C14H21N3O. The van der Waals surface area contributed by atoms with Crippen LogP contribution >= 0.6 is 0 Å². The van der Waals surface area contributed by atoms with Gasteiger partial charge in [-0.2, -0.15) is 0 Å². The molecule has 3 N–H and O–H groups in total. The number of nitrogens with zero attached hydrogens (tertiary/aromatic N) is 1. The topological polar surface area (TPSA) is 58.4 Å². The predicted octanol–water partition coefficient (Wildman–Crippen LogP) is 1.40. The zero-order chi connectivity index (χ0) is 13.1. The summed E-state index contributed by atoms with van der Waals surface area (Å²) in [6, 6.07) is 6.01. The minimum atomic E-state index is -0.0727. The van der Waals surface area contributed by atoms with E-state index in [0.717, 1.165) is 18.5 Å². The summed E-state index contributed by atoms with van der Waals surface area (Å²) >= 11 is 0. The lowest BCUT2D eigenvalue weighted by Gasteiger charge is -2.20. The Bertz CT molecular complexity index is 445. The van der Waals surface area contributed by atoms with Crippen LogP contribution in [-0.2, 0) is 0 Å². The lowest BCUT2D eigenvalue weighted by molar-refractivity contribution is 0.0944. The van der Waals surface area contributed by atoms with Crippen molar-refractivity contribution < 1.29 is 4.79 Å². The van der Waals surface area contributed by atoms with E-state index in [-0.39, 0.29) is 5.91 Å². The van der Waals surface area contributed by atoms with Crippen LogP contribution in [0.3, 0.4) is 0 Å². The molecular weight excluding hydrogens is 226 g/mol. The average molecular weight is 247 g/mol. The maximum Gasteiger partial charge on any atom is 0.253 e. The van der Waals surface area contributed by atoms with Crippen molar-refractivity contribution in [3.8, 4) is 0 Å². The Morgan fingerprint density at radius 3 is 3.00 bits per heavy atom. The summed E-state index contributed by atoms with van der Waals surface area (Å²) in [4.78, 5) is 14.4. The summed E-state index contributed by atoms with van der Waals surface area (Å²) < 4.78 is 0. The number of hydrogen-bond donors (Lipinski definition) is 2. The number of nitrogen functional groups attached to an aromatic ring is 1. The van der Waals surface area contributed by atoms with E-state index >= 15 is 0 Å². The number of rotatable bonds is 3. The number of aryl methyl sites for hydroxylation is 1. The first kappa shape index (κ1) is 12.9. The summed E-state index contributed by atoms with van der Waals surface area (Å²) in [5.41, 5.74) is 8.03. The van der Waals surface area contributed by atoms with Gasteiger partial charge in [0.25, 0.3) is 5.91 Å². The van der Waals surface area contributed by atoms with Crippen LogP contribution in [0, 0.1) is 6.92 Å². The van der Waals surface area contributed by atoms with Gasteiger partial charge in [-0.15, -0.1) is 0 Å². The highest BCUT2D eigenvalue weighted by Gasteiger charge is 2.21. The standard InChI is InChI=1S/C14H21N3O/c1-10-5-3-7-12(13(10)15)14(18)16-9-11-6-4-8-17(11)2/h3,5,7,11H,4,6,8-9,15H2,1-2H3,(H,16,18). The molecule has 18 heavy (non-hydrogen) atoms. The van der Waals surface area contributed by atoms with E-state index in [9.17, 15) is 4.79 Å². The Morgan fingerprint density at radius 2 is 2.33 bits per heavy atom.